The minimum absolute atomic E-state index is 0.401. The normalized spacial score (nSPS) is 12.9. The predicted octanol–water partition coefficient (Wildman–Crippen LogP) is 35.1. The van der Waals surface area contributed by atoms with Crippen LogP contribution < -0.4 is 5.46 Å². The molecular formula is C118H74BBr3N12O2S8. The number of aromatic nitrogens is 12. The average Bonchev–Trinajstić information content (AvgIpc) is 1.55. The molecule has 13 heterocycles. The lowest BCUT2D eigenvalue weighted by molar-refractivity contribution is 0.00578. The molecule has 14 nitrogen and oxygen atoms in total. The van der Waals surface area contributed by atoms with E-state index < -0.39 is 18.3 Å². The molecule has 0 aliphatic carbocycles. The summed E-state index contributed by atoms with van der Waals surface area (Å²) in [7, 11) is -0.445. The van der Waals surface area contributed by atoms with E-state index in [2.05, 4.69) is 185 Å². The van der Waals surface area contributed by atoms with Crippen LogP contribution in [0.5, 0.6) is 0 Å². The second-order valence-electron chi connectivity index (χ2n) is 35.6. The molecule has 0 N–H and O–H groups in total. The fraction of sp³-hybridized carbons (Fsp3) is 0.0508. The monoisotopic (exact) mass is 2190 g/mol. The van der Waals surface area contributed by atoms with Crippen molar-refractivity contribution in [1.82, 2.24) is 59.8 Å². The number of benzene rings is 14. The summed E-state index contributed by atoms with van der Waals surface area (Å²) in [5.74, 6) is 7.52. The molecule has 12 aromatic heterocycles. The second kappa shape index (κ2) is 38.4. The van der Waals surface area contributed by atoms with Gasteiger partial charge in [0.05, 0.1) is 50.8 Å². The number of halogens is 3. The van der Waals surface area contributed by atoms with E-state index in [1.54, 1.807) is 0 Å². The van der Waals surface area contributed by atoms with Crippen molar-refractivity contribution in [3.05, 3.63) is 387 Å². The molecule has 0 saturated carbocycles. The fourth-order valence-electron chi connectivity index (χ4n) is 17.9. The maximum absolute atomic E-state index is 6.25. The van der Waals surface area contributed by atoms with E-state index in [4.69, 9.17) is 69.1 Å². The number of thiophene rings is 8. The molecule has 1 fully saturated rings. The van der Waals surface area contributed by atoms with Gasteiger partial charge in [-0.15, -0.1) is 90.7 Å². The summed E-state index contributed by atoms with van der Waals surface area (Å²) in [5.41, 5.74) is 14.5. The summed E-state index contributed by atoms with van der Waals surface area (Å²) >= 11 is 25.8. The van der Waals surface area contributed by atoms with Crippen LogP contribution in [0.25, 0.3) is 247 Å². The second-order valence-corrected chi connectivity index (χ2v) is 48.1. The number of hydrogen-bond donors (Lipinski definition) is 0. The molecule has 1 aliphatic rings. The molecule has 690 valence electrons. The van der Waals surface area contributed by atoms with Gasteiger partial charge >= 0.3 is 7.12 Å². The van der Waals surface area contributed by atoms with Crippen LogP contribution in [0.1, 0.15) is 27.7 Å². The van der Waals surface area contributed by atoms with Crippen molar-refractivity contribution in [1.29, 1.82) is 0 Å². The third-order valence-corrected chi connectivity index (χ3v) is 37.1. The Labute approximate surface area is 885 Å². The highest BCUT2D eigenvalue weighted by Crippen LogP contribution is 2.57. The first-order valence-corrected chi connectivity index (χ1v) is 55.3. The van der Waals surface area contributed by atoms with Gasteiger partial charge in [0.1, 0.15) is 0 Å². The minimum atomic E-state index is -0.445. The molecule has 1 aliphatic heterocycles. The highest BCUT2D eigenvalue weighted by atomic mass is 79.9. The molecule has 0 radical (unpaired) electrons. The topological polar surface area (TPSA) is 173 Å². The summed E-state index contributed by atoms with van der Waals surface area (Å²) in [5, 5.41) is 7.92. The van der Waals surface area contributed by atoms with Crippen molar-refractivity contribution in [2.24, 2.45) is 0 Å². The molecule has 0 amide bonds. The fourth-order valence-corrected chi connectivity index (χ4v) is 29.9. The molecule has 0 spiro atoms. The van der Waals surface area contributed by atoms with Gasteiger partial charge in [0, 0.05) is 133 Å². The van der Waals surface area contributed by atoms with Crippen LogP contribution in [-0.4, -0.2) is 78.1 Å². The van der Waals surface area contributed by atoms with E-state index in [1.807, 2.05) is 358 Å². The standard InChI is InChI=1S/C77H45N9S4.C27H26BN3O2.C14H3Br3S4/c1-7-22-46(23-8-1)69-78-70(47-24-9-2-10-25-47)82-75(81-69)55-37-19-34-52(40-55)60-43-58-64-65(90-63-45-62(89-68(63)64)54-36-21-39-57(42-54)77-85-73(50-30-15-5-16-31-50)80-74(86-77)51-32-17-6-18-33-51)59-44-61(88-67(59)66(58)87-60)53-35-20-38-56(41-53)76-83-71(48-26-11-3-12-27-48)79-72(84-76)49-28-13-4-14-29-49;1-26(2)27(3,4)33-28(32-26)22-17-11-16-21(18-22)25-30-23(19-12-7-5-8-13-19)29-24(31-25)20-14-9-6-10-15-20;15-7-1-4-10-11(18-6-3-9(17)21-14(6)10)5-2-8(16)20-13(5)12(4)19-7/h1-45H;5-18H,1-4H3;1-3H. The van der Waals surface area contributed by atoms with Crippen molar-refractivity contribution >= 4 is 230 Å². The summed E-state index contributed by atoms with van der Waals surface area (Å²) in [4.78, 5) is 63.5. The van der Waals surface area contributed by atoms with Gasteiger partial charge in [-0.2, -0.15) is 0 Å². The van der Waals surface area contributed by atoms with Crippen molar-refractivity contribution in [3.63, 3.8) is 0 Å². The smallest absolute Gasteiger partial charge is 0.399 e. The van der Waals surface area contributed by atoms with Crippen molar-refractivity contribution in [3.8, 4) is 168 Å². The summed E-state index contributed by atoms with van der Waals surface area (Å²) < 4.78 is 29.4. The molecule has 144 heavy (non-hydrogen) atoms. The molecule has 14 aromatic carbocycles. The number of hydrogen-bond acceptors (Lipinski definition) is 22. The van der Waals surface area contributed by atoms with Gasteiger partial charge in [-0.25, -0.2) is 59.8 Å². The lowest BCUT2D eigenvalue weighted by Gasteiger charge is -2.32. The third-order valence-electron chi connectivity index (χ3n) is 25.7. The molecule has 26 aromatic rings. The highest BCUT2D eigenvalue weighted by Gasteiger charge is 2.52. The quantitative estimate of drug-likeness (QED) is 0.0836. The predicted molar refractivity (Wildman–Crippen MR) is 616 cm³/mol. The van der Waals surface area contributed by atoms with Crippen LogP contribution in [0.2, 0.25) is 0 Å². The Hall–Kier alpha value is -13.8. The van der Waals surface area contributed by atoms with E-state index in [1.165, 1.54) is 95.6 Å². The molecular weight excluding hydrogens is 2120 g/mol. The highest BCUT2D eigenvalue weighted by molar-refractivity contribution is 9.11. The molecule has 0 unspecified atom stereocenters. The van der Waals surface area contributed by atoms with E-state index in [0.29, 0.717) is 69.9 Å². The molecule has 27 rings (SSSR count). The lowest BCUT2D eigenvalue weighted by atomic mass is 9.78. The van der Waals surface area contributed by atoms with E-state index in [9.17, 15) is 0 Å². The first-order chi connectivity index (χ1) is 70.5. The largest absolute Gasteiger partial charge is 0.494 e. The van der Waals surface area contributed by atoms with Gasteiger partial charge in [0.2, 0.25) is 0 Å². The van der Waals surface area contributed by atoms with Crippen molar-refractivity contribution in [2.45, 2.75) is 38.9 Å². The third kappa shape index (κ3) is 17.8. The van der Waals surface area contributed by atoms with Crippen LogP contribution in [0.4, 0.5) is 0 Å². The van der Waals surface area contributed by atoms with Crippen LogP contribution in [0, 0.1) is 0 Å². The van der Waals surface area contributed by atoms with Crippen LogP contribution >= 0.6 is 138 Å². The van der Waals surface area contributed by atoms with E-state index in [0.717, 1.165) is 98.7 Å². The van der Waals surface area contributed by atoms with Gasteiger partial charge < -0.3 is 9.31 Å². The number of rotatable bonds is 16. The zero-order valence-electron chi connectivity index (χ0n) is 77.0. The summed E-state index contributed by atoms with van der Waals surface area (Å²) in [6.45, 7) is 8.23. The van der Waals surface area contributed by atoms with Crippen LogP contribution in [-0.2, 0) is 9.31 Å². The van der Waals surface area contributed by atoms with Crippen molar-refractivity contribution in [2.75, 3.05) is 0 Å². The Morgan fingerprint density at radius 3 is 0.764 bits per heavy atom. The molecule has 1 saturated heterocycles. The molecule has 0 atom stereocenters. The number of fused-ring (bicyclic) bond motifs is 16. The van der Waals surface area contributed by atoms with Gasteiger partial charge in [-0.1, -0.05) is 322 Å². The van der Waals surface area contributed by atoms with Gasteiger partial charge in [-0.05, 0) is 152 Å². The molecule has 0 bridgehead atoms. The van der Waals surface area contributed by atoms with Gasteiger partial charge in [-0.3, -0.25) is 0 Å². The Kier molecular flexibility index (Phi) is 24.4. The van der Waals surface area contributed by atoms with E-state index >= 15 is 0 Å². The zero-order chi connectivity index (χ0) is 96.8. The maximum Gasteiger partial charge on any atom is 0.494 e. The summed E-state index contributed by atoms with van der Waals surface area (Å²) in [6, 6.07) is 129. The van der Waals surface area contributed by atoms with Crippen LogP contribution in [0.15, 0.2) is 387 Å². The number of nitrogens with zero attached hydrogens (tertiary/aromatic N) is 12. The van der Waals surface area contributed by atoms with Gasteiger partial charge in [0.15, 0.2) is 69.9 Å². The Morgan fingerprint density at radius 2 is 0.417 bits per heavy atom. The van der Waals surface area contributed by atoms with E-state index in [-0.39, 0.29) is 0 Å². The SMILES string of the molecule is Brc1cc2c(s1)c1sc(Br)cc1c1c3sc(Br)cc3sc21.CC1(C)OB(c2cccc(-c3nc(-c4ccccc4)nc(-c4ccccc4)n3)c2)OC1(C)C.c1ccc(-c2nc(-c3ccccc3)nc(-c3cccc(-c4cc5c(s4)c4sc(-c6cccc(-c7nc(-c8ccccc8)nc(-c8ccccc8)n7)c6)cc4c4c6sc(-c7cccc(-c8nc(-c9ccccc9)nc(-c9ccccc9)n8)c7)cc6sc54)c3)n2)cc1. The lowest BCUT2D eigenvalue weighted by Crippen LogP contribution is -2.41. The average molecular weight is 2200 g/mol. The molecule has 26 heteroatoms. The first kappa shape index (κ1) is 91.4. The Balaban J connectivity index is 0.000000162. The minimum Gasteiger partial charge on any atom is -0.399 e. The maximum atomic E-state index is 6.25. The zero-order valence-corrected chi connectivity index (χ0v) is 88.2. The van der Waals surface area contributed by atoms with Crippen LogP contribution in [0.3, 0.4) is 0 Å². The Morgan fingerprint density at radius 1 is 0.194 bits per heavy atom. The Bertz CT molecular complexity index is 9170. The van der Waals surface area contributed by atoms with Crippen molar-refractivity contribution < 1.29 is 9.31 Å². The first-order valence-electron chi connectivity index (χ1n) is 46.4. The van der Waals surface area contributed by atoms with Gasteiger partial charge in [0.25, 0.3) is 0 Å². The summed E-state index contributed by atoms with van der Waals surface area (Å²) in [6.07, 6.45) is 0.